The molecule has 1 fully saturated rings. The summed E-state index contributed by atoms with van der Waals surface area (Å²) in [5.74, 6) is 0. The van der Waals surface area contributed by atoms with Crippen molar-refractivity contribution in [2.24, 2.45) is 0 Å². The molecule has 0 saturated carbocycles. The van der Waals surface area contributed by atoms with Crippen LogP contribution in [0.4, 0.5) is 0 Å². The van der Waals surface area contributed by atoms with E-state index in [1.165, 1.54) is 32.1 Å². The molecule has 1 unspecified atom stereocenters. The highest BCUT2D eigenvalue weighted by atomic mass is 16.7. The number of hydrogen-bond donors (Lipinski definition) is 0. The second-order valence-corrected chi connectivity index (χ2v) is 4.67. The lowest BCUT2D eigenvalue weighted by atomic mass is 10.1. The zero-order valence-corrected chi connectivity index (χ0v) is 10.6. The van der Waals surface area contributed by atoms with Gasteiger partial charge in [0.2, 0.25) is 0 Å². The van der Waals surface area contributed by atoms with Crippen molar-refractivity contribution >= 4 is 0 Å². The van der Waals surface area contributed by atoms with E-state index in [0.29, 0.717) is 6.10 Å². The lowest BCUT2D eigenvalue weighted by molar-refractivity contribution is -0.185. The molecule has 1 saturated heterocycles. The minimum atomic E-state index is 0.0666. The molecule has 1 heterocycles. The SMILES string of the molecule is C=CCCCCC[C@@H](C)OC1CCCCO1. The largest absolute Gasteiger partial charge is 0.353 e. The number of unbranched alkanes of at least 4 members (excludes halogenated alkanes) is 3. The maximum atomic E-state index is 5.86. The van der Waals surface area contributed by atoms with Crippen LogP contribution in [0.25, 0.3) is 0 Å². The van der Waals surface area contributed by atoms with Gasteiger partial charge in [-0.05, 0) is 45.4 Å². The quantitative estimate of drug-likeness (QED) is 0.459. The van der Waals surface area contributed by atoms with Gasteiger partial charge in [0, 0.05) is 6.61 Å². The van der Waals surface area contributed by atoms with E-state index in [2.05, 4.69) is 13.5 Å². The Hall–Kier alpha value is -0.340. The normalized spacial score (nSPS) is 22.9. The molecule has 0 aromatic heterocycles. The summed E-state index contributed by atoms with van der Waals surface area (Å²) < 4.78 is 11.4. The number of hydrogen-bond acceptors (Lipinski definition) is 2. The van der Waals surface area contributed by atoms with Crippen molar-refractivity contribution in [3.63, 3.8) is 0 Å². The van der Waals surface area contributed by atoms with E-state index in [0.717, 1.165) is 25.9 Å². The standard InChI is InChI=1S/C14H26O2/c1-3-4-5-6-7-10-13(2)16-14-11-8-9-12-15-14/h3,13-14H,1,4-12H2,2H3/t13-,14?/m1/s1. The first-order chi connectivity index (χ1) is 7.83. The molecule has 0 radical (unpaired) electrons. The van der Waals surface area contributed by atoms with Crippen molar-refractivity contribution < 1.29 is 9.47 Å². The van der Waals surface area contributed by atoms with E-state index >= 15 is 0 Å². The van der Waals surface area contributed by atoms with Gasteiger partial charge in [0.05, 0.1) is 6.10 Å². The topological polar surface area (TPSA) is 18.5 Å². The van der Waals surface area contributed by atoms with Crippen LogP contribution in [0.2, 0.25) is 0 Å². The predicted octanol–water partition coefficient (Wildman–Crippen LogP) is 4.05. The maximum absolute atomic E-state index is 5.86. The summed E-state index contributed by atoms with van der Waals surface area (Å²) in [6, 6.07) is 0. The Morgan fingerprint density at radius 3 is 2.94 bits per heavy atom. The minimum Gasteiger partial charge on any atom is -0.353 e. The van der Waals surface area contributed by atoms with Crippen LogP contribution in [-0.2, 0) is 9.47 Å². The highest BCUT2D eigenvalue weighted by Crippen LogP contribution is 2.17. The summed E-state index contributed by atoms with van der Waals surface area (Å²) in [6.45, 7) is 6.76. The van der Waals surface area contributed by atoms with Crippen LogP contribution < -0.4 is 0 Å². The fourth-order valence-corrected chi connectivity index (χ4v) is 2.04. The molecule has 0 aromatic carbocycles. The summed E-state index contributed by atoms with van der Waals surface area (Å²) in [5.41, 5.74) is 0. The molecule has 16 heavy (non-hydrogen) atoms. The van der Waals surface area contributed by atoms with E-state index in [4.69, 9.17) is 9.47 Å². The minimum absolute atomic E-state index is 0.0666. The summed E-state index contributed by atoms with van der Waals surface area (Å²) in [6.07, 6.45) is 12.0. The van der Waals surface area contributed by atoms with Gasteiger partial charge in [-0.3, -0.25) is 0 Å². The Morgan fingerprint density at radius 1 is 1.38 bits per heavy atom. The zero-order chi connectivity index (χ0) is 11.6. The van der Waals surface area contributed by atoms with Crippen LogP contribution in [-0.4, -0.2) is 19.0 Å². The lowest BCUT2D eigenvalue weighted by Gasteiger charge is -2.26. The molecule has 0 aromatic rings. The highest BCUT2D eigenvalue weighted by Gasteiger charge is 2.16. The molecule has 2 heteroatoms. The van der Waals surface area contributed by atoms with Crippen molar-refractivity contribution in [3.05, 3.63) is 12.7 Å². The second-order valence-electron chi connectivity index (χ2n) is 4.67. The van der Waals surface area contributed by atoms with E-state index < -0.39 is 0 Å². The first-order valence-corrected chi connectivity index (χ1v) is 6.71. The van der Waals surface area contributed by atoms with Crippen LogP contribution in [0.5, 0.6) is 0 Å². The molecule has 1 aliphatic heterocycles. The fraction of sp³-hybridized carbons (Fsp3) is 0.857. The lowest BCUT2D eigenvalue weighted by Crippen LogP contribution is -2.26. The molecule has 1 aliphatic rings. The van der Waals surface area contributed by atoms with Crippen LogP contribution >= 0.6 is 0 Å². The van der Waals surface area contributed by atoms with Gasteiger partial charge in [0.1, 0.15) is 0 Å². The molecule has 0 N–H and O–H groups in total. The monoisotopic (exact) mass is 226 g/mol. The van der Waals surface area contributed by atoms with E-state index in [9.17, 15) is 0 Å². The van der Waals surface area contributed by atoms with Gasteiger partial charge in [0.15, 0.2) is 6.29 Å². The number of rotatable bonds is 8. The van der Waals surface area contributed by atoms with Gasteiger partial charge in [-0.2, -0.15) is 0 Å². The molecule has 2 atom stereocenters. The van der Waals surface area contributed by atoms with Crippen LogP contribution in [0, 0.1) is 0 Å². The van der Waals surface area contributed by atoms with Gasteiger partial charge in [-0.1, -0.05) is 18.9 Å². The Labute approximate surface area is 100 Å². The van der Waals surface area contributed by atoms with Crippen molar-refractivity contribution in [3.8, 4) is 0 Å². The van der Waals surface area contributed by atoms with E-state index in [1.807, 2.05) is 6.08 Å². The number of allylic oxidation sites excluding steroid dienone is 1. The van der Waals surface area contributed by atoms with Crippen molar-refractivity contribution in [2.75, 3.05) is 6.61 Å². The third-order valence-corrected chi connectivity index (χ3v) is 3.04. The third-order valence-electron chi connectivity index (χ3n) is 3.04. The fourth-order valence-electron chi connectivity index (χ4n) is 2.04. The average Bonchev–Trinajstić information content (AvgIpc) is 2.30. The Morgan fingerprint density at radius 2 is 2.25 bits per heavy atom. The first kappa shape index (κ1) is 13.7. The van der Waals surface area contributed by atoms with Crippen molar-refractivity contribution in [2.45, 2.75) is 70.7 Å². The summed E-state index contributed by atoms with van der Waals surface area (Å²) in [7, 11) is 0. The molecule has 94 valence electrons. The molecule has 1 rings (SSSR count). The maximum Gasteiger partial charge on any atom is 0.157 e. The van der Waals surface area contributed by atoms with Crippen LogP contribution in [0.1, 0.15) is 58.3 Å². The molecule has 0 aliphatic carbocycles. The van der Waals surface area contributed by atoms with Gasteiger partial charge < -0.3 is 9.47 Å². The van der Waals surface area contributed by atoms with Gasteiger partial charge in [-0.25, -0.2) is 0 Å². The zero-order valence-electron chi connectivity index (χ0n) is 10.6. The van der Waals surface area contributed by atoms with E-state index in [1.54, 1.807) is 0 Å². The van der Waals surface area contributed by atoms with Gasteiger partial charge >= 0.3 is 0 Å². The summed E-state index contributed by atoms with van der Waals surface area (Å²) in [4.78, 5) is 0. The molecule has 0 amide bonds. The molecule has 2 nitrogen and oxygen atoms in total. The van der Waals surface area contributed by atoms with Crippen LogP contribution in [0.15, 0.2) is 12.7 Å². The highest BCUT2D eigenvalue weighted by molar-refractivity contribution is 4.66. The first-order valence-electron chi connectivity index (χ1n) is 6.71. The van der Waals surface area contributed by atoms with Crippen LogP contribution in [0.3, 0.4) is 0 Å². The van der Waals surface area contributed by atoms with Gasteiger partial charge in [0.25, 0.3) is 0 Å². The molecule has 0 bridgehead atoms. The predicted molar refractivity (Wildman–Crippen MR) is 67.4 cm³/mol. The third kappa shape index (κ3) is 6.29. The smallest absolute Gasteiger partial charge is 0.157 e. The van der Waals surface area contributed by atoms with Crippen molar-refractivity contribution in [1.82, 2.24) is 0 Å². The molecular formula is C14H26O2. The number of ether oxygens (including phenoxy) is 2. The Balaban J connectivity index is 1.96. The van der Waals surface area contributed by atoms with Crippen molar-refractivity contribution in [1.29, 1.82) is 0 Å². The molecule has 0 spiro atoms. The average molecular weight is 226 g/mol. The van der Waals surface area contributed by atoms with E-state index in [-0.39, 0.29) is 6.29 Å². The Kier molecular flexibility index (Phi) is 7.52. The molecular weight excluding hydrogens is 200 g/mol. The second kappa shape index (κ2) is 8.77. The Bertz CT molecular complexity index is 174. The van der Waals surface area contributed by atoms with Gasteiger partial charge in [-0.15, -0.1) is 6.58 Å². The summed E-state index contributed by atoms with van der Waals surface area (Å²) >= 11 is 0. The summed E-state index contributed by atoms with van der Waals surface area (Å²) in [5, 5.41) is 0.